The summed E-state index contributed by atoms with van der Waals surface area (Å²) in [5, 5.41) is 9.13. The lowest BCUT2D eigenvalue weighted by molar-refractivity contribution is -0.142. The first kappa shape index (κ1) is 14.0. The number of likely N-dealkylation sites (tertiary alicyclic amines) is 1. The average Bonchev–Trinajstić information content (AvgIpc) is 2.96. The molecule has 0 amide bonds. The molecule has 1 saturated heterocycles. The van der Waals surface area contributed by atoms with Crippen molar-refractivity contribution in [1.82, 2.24) is 4.90 Å². The van der Waals surface area contributed by atoms with Gasteiger partial charge in [0.1, 0.15) is 6.04 Å². The van der Waals surface area contributed by atoms with Crippen molar-refractivity contribution in [3.63, 3.8) is 0 Å². The monoisotopic (exact) mass is 284 g/mol. The highest BCUT2D eigenvalue weighted by molar-refractivity contribution is 5.73. The number of benzene rings is 1. The van der Waals surface area contributed by atoms with Crippen molar-refractivity contribution in [1.29, 1.82) is 0 Å². The number of nitrogens with zero attached hydrogens (tertiary/aromatic N) is 1. The Labute approximate surface area is 117 Å². The van der Waals surface area contributed by atoms with E-state index in [0.717, 1.165) is 36.4 Å². The van der Waals surface area contributed by atoms with Gasteiger partial charge in [-0.1, -0.05) is 6.07 Å². The molecule has 19 heavy (non-hydrogen) atoms. The van der Waals surface area contributed by atoms with Crippen molar-refractivity contribution in [2.24, 2.45) is 0 Å². The molecule has 1 fully saturated rings. The van der Waals surface area contributed by atoms with Crippen molar-refractivity contribution in [3.05, 3.63) is 23.8 Å². The zero-order chi connectivity index (χ0) is 12.5. The number of ether oxygens (including phenoxy) is 2. The Bertz CT molecular complexity index is 480. The highest BCUT2D eigenvalue weighted by Gasteiger charge is 2.30. The summed E-state index contributed by atoms with van der Waals surface area (Å²) in [4.78, 5) is 13.1. The molecule has 0 aliphatic carbocycles. The van der Waals surface area contributed by atoms with Gasteiger partial charge in [0.05, 0.1) is 0 Å². The second kappa shape index (κ2) is 5.67. The van der Waals surface area contributed by atoms with E-state index in [2.05, 4.69) is 0 Å². The topological polar surface area (TPSA) is 59.0 Å². The summed E-state index contributed by atoms with van der Waals surface area (Å²) in [7, 11) is 0. The number of fused-ring (bicyclic) bond motifs is 1. The lowest BCUT2D eigenvalue weighted by atomic mass is 10.1. The van der Waals surface area contributed by atoms with Crippen LogP contribution in [0.4, 0.5) is 0 Å². The second-order valence-electron chi connectivity index (χ2n) is 4.65. The van der Waals surface area contributed by atoms with Gasteiger partial charge in [-0.2, -0.15) is 0 Å². The van der Waals surface area contributed by atoms with Crippen molar-refractivity contribution < 1.29 is 31.8 Å². The van der Waals surface area contributed by atoms with E-state index in [-0.39, 0.29) is 25.2 Å². The fourth-order valence-electron chi connectivity index (χ4n) is 2.57. The van der Waals surface area contributed by atoms with Crippen molar-refractivity contribution in [2.75, 3.05) is 13.3 Å². The van der Waals surface area contributed by atoms with Crippen LogP contribution in [0.5, 0.6) is 11.5 Å². The Hall–Kier alpha value is -1.46. The van der Waals surface area contributed by atoms with E-state index in [1.807, 2.05) is 23.1 Å². The third-order valence-electron chi connectivity index (χ3n) is 3.47. The van der Waals surface area contributed by atoms with E-state index in [4.69, 9.17) is 14.6 Å². The predicted molar refractivity (Wildman–Crippen MR) is 63.6 cm³/mol. The van der Waals surface area contributed by atoms with Crippen LogP contribution in [0, 0.1) is 0 Å². The third-order valence-corrected chi connectivity index (χ3v) is 3.47. The molecule has 1 aromatic carbocycles. The highest BCUT2D eigenvalue weighted by Crippen LogP contribution is 2.33. The first-order valence-corrected chi connectivity index (χ1v) is 6.09. The molecule has 0 saturated carbocycles. The fraction of sp³-hybridized carbons (Fsp3) is 0.462. The lowest BCUT2D eigenvalue weighted by Crippen LogP contribution is -3.00. The Morgan fingerprint density at radius 1 is 1.37 bits per heavy atom. The van der Waals surface area contributed by atoms with Gasteiger partial charge in [-0.25, -0.2) is 0 Å². The average molecular weight is 285 g/mol. The smallest absolute Gasteiger partial charge is 0.320 e. The summed E-state index contributed by atoms with van der Waals surface area (Å²) in [6, 6.07) is 5.42. The Balaban J connectivity index is 0.00000133. The van der Waals surface area contributed by atoms with Gasteiger partial charge >= 0.3 is 5.97 Å². The molecule has 1 unspecified atom stereocenters. The quantitative estimate of drug-likeness (QED) is 0.730. The molecule has 0 bridgehead atoms. The number of carbonyl (C=O) groups is 1. The minimum absolute atomic E-state index is 0. The van der Waals surface area contributed by atoms with Gasteiger partial charge < -0.3 is 27.0 Å². The van der Waals surface area contributed by atoms with Crippen LogP contribution >= 0.6 is 0 Å². The van der Waals surface area contributed by atoms with Crippen LogP contribution in [0.2, 0.25) is 0 Å². The molecule has 1 aromatic rings. The number of carboxylic acids is 1. The maximum atomic E-state index is 11.1. The van der Waals surface area contributed by atoms with Gasteiger partial charge in [0.25, 0.3) is 0 Å². The Morgan fingerprint density at radius 3 is 2.95 bits per heavy atom. The molecule has 6 heteroatoms. The zero-order valence-corrected chi connectivity index (χ0v) is 11.1. The summed E-state index contributed by atoms with van der Waals surface area (Å²) in [6.45, 7) is 1.75. The number of aliphatic carboxylic acids is 1. The molecule has 2 heterocycles. The van der Waals surface area contributed by atoms with E-state index < -0.39 is 5.97 Å². The van der Waals surface area contributed by atoms with Crippen LogP contribution in [-0.4, -0.2) is 35.4 Å². The predicted octanol–water partition coefficient (Wildman–Crippen LogP) is -1.53. The second-order valence-corrected chi connectivity index (χ2v) is 4.65. The minimum atomic E-state index is -0.728. The van der Waals surface area contributed by atoms with Crippen LogP contribution in [0.1, 0.15) is 18.4 Å². The van der Waals surface area contributed by atoms with Gasteiger partial charge in [0.2, 0.25) is 6.79 Å². The zero-order valence-electron chi connectivity index (χ0n) is 10.3. The van der Waals surface area contributed by atoms with Crippen LogP contribution in [0.15, 0.2) is 18.2 Å². The Morgan fingerprint density at radius 2 is 2.16 bits per heavy atom. The molecule has 104 valence electrons. The van der Waals surface area contributed by atoms with Crippen LogP contribution < -0.4 is 21.9 Å². The molecule has 0 radical (unpaired) electrons. The molecular formula is C13H15ClNO4-. The van der Waals surface area contributed by atoms with E-state index in [1.54, 1.807) is 0 Å². The number of hydrogen-bond donors (Lipinski definition) is 1. The van der Waals surface area contributed by atoms with Crippen molar-refractivity contribution >= 4 is 5.97 Å². The van der Waals surface area contributed by atoms with Gasteiger partial charge in [0.15, 0.2) is 11.5 Å². The normalized spacial score (nSPS) is 21.2. The number of halogens is 1. The van der Waals surface area contributed by atoms with E-state index in [1.165, 1.54) is 0 Å². The molecule has 1 N–H and O–H groups in total. The molecule has 2 aliphatic rings. The molecule has 3 rings (SSSR count). The maximum absolute atomic E-state index is 11.1. The fourth-order valence-corrected chi connectivity index (χ4v) is 2.57. The first-order chi connectivity index (χ1) is 8.74. The number of hydrogen-bond acceptors (Lipinski definition) is 4. The van der Waals surface area contributed by atoms with Gasteiger partial charge in [-0.3, -0.25) is 9.69 Å². The van der Waals surface area contributed by atoms with Crippen molar-refractivity contribution in [2.45, 2.75) is 25.4 Å². The SMILES string of the molecule is O=C(O)C1CCCN1Cc1ccc2c(c1)OCO2.[Cl-]. The van der Waals surface area contributed by atoms with E-state index in [9.17, 15) is 4.79 Å². The van der Waals surface area contributed by atoms with Crippen molar-refractivity contribution in [3.8, 4) is 11.5 Å². The number of carboxylic acid groups (broad SMARTS) is 1. The number of rotatable bonds is 3. The van der Waals surface area contributed by atoms with Gasteiger partial charge in [0, 0.05) is 6.54 Å². The Kier molecular flexibility index (Phi) is 4.17. The van der Waals surface area contributed by atoms with Crippen LogP contribution in [0.25, 0.3) is 0 Å². The van der Waals surface area contributed by atoms with Gasteiger partial charge in [-0.15, -0.1) is 0 Å². The van der Waals surface area contributed by atoms with Gasteiger partial charge in [-0.05, 0) is 37.1 Å². The molecule has 0 aromatic heterocycles. The molecule has 1 atom stereocenters. The molecule has 2 aliphatic heterocycles. The molecular weight excluding hydrogens is 270 g/mol. The first-order valence-electron chi connectivity index (χ1n) is 6.09. The van der Waals surface area contributed by atoms with E-state index >= 15 is 0 Å². The van der Waals surface area contributed by atoms with Crippen LogP contribution in [-0.2, 0) is 11.3 Å². The summed E-state index contributed by atoms with van der Waals surface area (Å²) in [6.07, 6.45) is 1.68. The van der Waals surface area contributed by atoms with E-state index in [0.29, 0.717) is 6.54 Å². The summed E-state index contributed by atoms with van der Waals surface area (Å²) in [5.74, 6) is 0.779. The highest BCUT2D eigenvalue weighted by atomic mass is 35.5. The molecule has 5 nitrogen and oxygen atoms in total. The van der Waals surface area contributed by atoms with Crippen LogP contribution in [0.3, 0.4) is 0 Å². The largest absolute Gasteiger partial charge is 1.00 e. The summed E-state index contributed by atoms with van der Waals surface area (Å²) >= 11 is 0. The maximum Gasteiger partial charge on any atom is 0.320 e. The summed E-state index contributed by atoms with van der Waals surface area (Å²) < 4.78 is 10.6. The standard InChI is InChI=1S/C13H15NO4.ClH/c15-13(16)10-2-1-5-14(10)7-9-3-4-11-12(6-9)18-8-17-11;/h3-4,6,10H,1-2,5,7-8H2,(H,15,16);1H/p-1. The third kappa shape index (κ3) is 2.77. The summed E-state index contributed by atoms with van der Waals surface area (Å²) in [5.41, 5.74) is 1.06. The minimum Gasteiger partial charge on any atom is -1.00 e. The lowest BCUT2D eigenvalue weighted by Gasteiger charge is -2.21. The molecule has 0 spiro atoms.